The van der Waals surface area contributed by atoms with Crippen molar-refractivity contribution in [3.8, 4) is 0 Å². The molecular weight excluding hydrogens is 376 g/mol. The maximum atomic E-state index is 13.1. The fraction of sp³-hybridized carbons (Fsp3) is 0.300. The van der Waals surface area contributed by atoms with E-state index >= 15 is 0 Å². The molecule has 1 N–H and O–H groups in total. The van der Waals surface area contributed by atoms with E-state index in [2.05, 4.69) is 15.5 Å². The van der Waals surface area contributed by atoms with E-state index in [0.717, 1.165) is 29.0 Å². The molecule has 142 valence electrons. The number of nitrogens with one attached hydrogen (secondary N) is 1. The Bertz CT molecular complexity index is 1030. The van der Waals surface area contributed by atoms with Gasteiger partial charge in [0.1, 0.15) is 11.0 Å². The summed E-state index contributed by atoms with van der Waals surface area (Å²) in [5, 5.41) is 12.6. The molecule has 3 heterocycles. The first-order valence-electron chi connectivity index (χ1n) is 9.24. The molecular formula is C20H18N4O3S. The van der Waals surface area contributed by atoms with Gasteiger partial charge in [-0.1, -0.05) is 35.6 Å². The Balaban J connectivity index is 1.41. The van der Waals surface area contributed by atoms with Crippen LogP contribution in [0.5, 0.6) is 0 Å². The Kier molecular flexibility index (Phi) is 4.20. The van der Waals surface area contributed by atoms with Crippen molar-refractivity contribution >= 4 is 28.3 Å². The standard InChI is InChI=1S/C20H18N4O3S/c25-17(21-20-23-22-18(28-20)12-7-8-12)15-10-13-4-1-2-5-14(13)11-24(15)19(26)16-6-3-9-27-16/h1-6,9,12,15H,7-8,10-11H2,(H,21,23,25)/t15-/m0/s1. The molecule has 1 fully saturated rings. The minimum absolute atomic E-state index is 0.226. The molecule has 7 nitrogen and oxygen atoms in total. The number of nitrogens with zero attached hydrogens (tertiary/aromatic N) is 3. The predicted molar refractivity (Wildman–Crippen MR) is 103 cm³/mol. The minimum Gasteiger partial charge on any atom is -0.459 e. The molecule has 1 atom stereocenters. The molecule has 8 heteroatoms. The Morgan fingerprint density at radius 1 is 1.11 bits per heavy atom. The van der Waals surface area contributed by atoms with Gasteiger partial charge in [-0.2, -0.15) is 0 Å². The van der Waals surface area contributed by atoms with Crippen LogP contribution in [0.2, 0.25) is 0 Å². The first kappa shape index (κ1) is 17.1. The van der Waals surface area contributed by atoms with Gasteiger partial charge in [-0.05, 0) is 36.1 Å². The van der Waals surface area contributed by atoms with Crippen molar-refractivity contribution in [2.45, 2.75) is 37.8 Å². The zero-order valence-corrected chi connectivity index (χ0v) is 15.8. The zero-order valence-electron chi connectivity index (χ0n) is 15.0. The summed E-state index contributed by atoms with van der Waals surface area (Å²) in [5.74, 6) is 0.161. The first-order chi connectivity index (χ1) is 13.7. The Morgan fingerprint density at radius 2 is 1.93 bits per heavy atom. The van der Waals surface area contributed by atoms with Gasteiger partial charge in [0.2, 0.25) is 11.0 Å². The Morgan fingerprint density at radius 3 is 2.68 bits per heavy atom. The van der Waals surface area contributed by atoms with E-state index < -0.39 is 6.04 Å². The van der Waals surface area contributed by atoms with E-state index in [1.807, 2.05) is 24.3 Å². The number of hydrogen-bond acceptors (Lipinski definition) is 6. The molecule has 2 aliphatic rings. The number of fused-ring (bicyclic) bond motifs is 1. The van der Waals surface area contributed by atoms with Gasteiger partial charge in [0.15, 0.2) is 5.76 Å². The maximum Gasteiger partial charge on any atom is 0.290 e. The molecule has 1 aliphatic heterocycles. The lowest BCUT2D eigenvalue weighted by Gasteiger charge is -2.35. The van der Waals surface area contributed by atoms with Gasteiger partial charge in [0.25, 0.3) is 5.91 Å². The van der Waals surface area contributed by atoms with E-state index in [4.69, 9.17) is 4.42 Å². The largest absolute Gasteiger partial charge is 0.459 e. The van der Waals surface area contributed by atoms with Crippen molar-refractivity contribution in [2.75, 3.05) is 5.32 Å². The second kappa shape index (κ2) is 6.87. The average Bonchev–Trinajstić information content (AvgIpc) is 3.22. The molecule has 0 radical (unpaired) electrons. The van der Waals surface area contributed by atoms with Crippen LogP contribution in [0.1, 0.15) is 45.4 Å². The van der Waals surface area contributed by atoms with E-state index in [1.54, 1.807) is 17.0 Å². The fourth-order valence-corrected chi connectivity index (χ4v) is 4.40. The highest BCUT2D eigenvalue weighted by Gasteiger charge is 2.36. The van der Waals surface area contributed by atoms with E-state index in [-0.39, 0.29) is 17.6 Å². The molecule has 0 unspecified atom stereocenters. The molecule has 2 amide bonds. The van der Waals surface area contributed by atoms with Gasteiger partial charge in [-0.3, -0.25) is 14.9 Å². The van der Waals surface area contributed by atoms with Crippen molar-refractivity contribution in [3.63, 3.8) is 0 Å². The number of hydrogen-bond donors (Lipinski definition) is 1. The second-order valence-corrected chi connectivity index (χ2v) is 8.12. The van der Waals surface area contributed by atoms with Crippen LogP contribution in [0.25, 0.3) is 0 Å². The summed E-state index contributed by atoms with van der Waals surface area (Å²) in [6.45, 7) is 0.358. The number of anilines is 1. The molecule has 1 saturated carbocycles. The second-order valence-electron chi connectivity index (χ2n) is 7.11. The van der Waals surface area contributed by atoms with Crippen molar-refractivity contribution in [1.82, 2.24) is 15.1 Å². The number of aromatic nitrogens is 2. The van der Waals surface area contributed by atoms with Crippen LogP contribution in [0.3, 0.4) is 0 Å². The smallest absolute Gasteiger partial charge is 0.290 e. The number of rotatable bonds is 4. The number of amides is 2. The summed E-state index contributed by atoms with van der Waals surface area (Å²) in [6, 6.07) is 10.5. The molecule has 2 aromatic heterocycles. The monoisotopic (exact) mass is 394 g/mol. The molecule has 28 heavy (non-hydrogen) atoms. The van der Waals surface area contributed by atoms with Crippen LogP contribution in [-0.2, 0) is 17.8 Å². The Labute approximate surface area is 165 Å². The van der Waals surface area contributed by atoms with Crippen molar-refractivity contribution in [1.29, 1.82) is 0 Å². The number of furan rings is 1. The number of benzene rings is 1. The van der Waals surface area contributed by atoms with Crippen LogP contribution < -0.4 is 5.32 Å². The van der Waals surface area contributed by atoms with Crippen molar-refractivity contribution in [2.24, 2.45) is 0 Å². The summed E-state index contributed by atoms with van der Waals surface area (Å²) in [5.41, 5.74) is 2.11. The predicted octanol–water partition coefficient (Wildman–Crippen LogP) is 3.21. The van der Waals surface area contributed by atoms with Crippen LogP contribution in [0.15, 0.2) is 47.1 Å². The van der Waals surface area contributed by atoms with E-state index in [0.29, 0.717) is 24.0 Å². The Hall–Kier alpha value is -3.00. The summed E-state index contributed by atoms with van der Waals surface area (Å²) in [6.07, 6.45) is 4.17. The summed E-state index contributed by atoms with van der Waals surface area (Å²) >= 11 is 1.41. The molecule has 0 spiro atoms. The molecule has 1 aliphatic carbocycles. The minimum atomic E-state index is -0.638. The van der Waals surface area contributed by atoms with Gasteiger partial charge in [-0.15, -0.1) is 10.2 Å². The first-order valence-corrected chi connectivity index (χ1v) is 10.1. The normalized spacial score (nSPS) is 18.6. The third-order valence-electron chi connectivity index (χ3n) is 5.14. The highest BCUT2D eigenvalue weighted by Crippen LogP contribution is 2.42. The maximum absolute atomic E-state index is 13.1. The van der Waals surface area contributed by atoms with Crippen LogP contribution in [0.4, 0.5) is 5.13 Å². The van der Waals surface area contributed by atoms with Gasteiger partial charge in [0, 0.05) is 18.9 Å². The summed E-state index contributed by atoms with van der Waals surface area (Å²) in [7, 11) is 0. The SMILES string of the molecule is O=C(Nc1nnc(C2CC2)s1)[C@@H]1Cc2ccccc2CN1C(=O)c1ccco1. The van der Waals surface area contributed by atoms with Crippen LogP contribution in [0, 0.1) is 0 Å². The van der Waals surface area contributed by atoms with Crippen LogP contribution >= 0.6 is 11.3 Å². The number of carbonyl (C=O) groups is 2. The van der Waals surface area contributed by atoms with Gasteiger partial charge < -0.3 is 9.32 Å². The van der Waals surface area contributed by atoms with Gasteiger partial charge in [0.05, 0.1) is 6.26 Å². The van der Waals surface area contributed by atoms with Gasteiger partial charge >= 0.3 is 0 Å². The van der Waals surface area contributed by atoms with E-state index in [1.165, 1.54) is 17.6 Å². The highest BCUT2D eigenvalue weighted by molar-refractivity contribution is 7.15. The third-order valence-corrected chi connectivity index (χ3v) is 6.14. The quantitative estimate of drug-likeness (QED) is 0.734. The van der Waals surface area contributed by atoms with Crippen molar-refractivity contribution in [3.05, 3.63) is 64.6 Å². The lowest BCUT2D eigenvalue weighted by atomic mass is 9.93. The van der Waals surface area contributed by atoms with Gasteiger partial charge in [-0.25, -0.2) is 0 Å². The lowest BCUT2D eigenvalue weighted by Crippen LogP contribution is -2.50. The molecule has 0 saturated heterocycles. The van der Waals surface area contributed by atoms with Crippen molar-refractivity contribution < 1.29 is 14.0 Å². The topological polar surface area (TPSA) is 88.3 Å². The molecule has 3 aromatic rings. The van der Waals surface area contributed by atoms with Crippen LogP contribution in [-0.4, -0.2) is 33.0 Å². The lowest BCUT2D eigenvalue weighted by molar-refractivity contribution is -0.121. The molecule has 5 rings (SSSR count). The molecule has 1 aromatic carbocycles. The summed E-state index contributed by atoms with van der Waals surface area (Å²) in [4.78, 5) is 27.6. The highest BCUT2D eigenvalue weighted by atomic mass is 32.1. The summed E-state index contributed by atoms with van der Waals surface area (Å²) < 4.78 is 5.28. The van der Waals surface area contributed by atoms with E-state index in [9.17, 15) is 9.59 Å². The average molecular weight is 394 g/mol. The zero-order chi connectivity index (χ0) is 19.1. The fourth-order valence-electron chi connectivity index (χ4n) is 3.48. The number of carbonyl (C=O) groups excluding carboxylic acids is 2. The third kappa shape index (κ3) is 3.20. The molecule has 0 bridgehead atoms.